The van der Waals surface area contributed by atoms with E-state index in [2.05, 4.69) is 15.5 Å². The summed E-state index contributed by atoms with van der Waals surface area (Å²) in [6.45, 7) is 1.71. The van der Waals surface area contributed by atoms with Crippen LogP contribution >= 0.6 is 23.2 Å². The number of carbonyl (C=O) groups is 1. The Bertz CT molecular complexity index is 940. The zero-order valence-corrected chi connectivity index (χ0v) is 15.0. The lowest BCUT2D eigenvalue weighted by atomic mass is 10.2. The molecule has 2 aromatic carbocycles. The van der Waals surface area contributed by atoms with Crippen LogP contribution in [0.15, 0.2) is 42.5 Å². The molecular weight excluding hydrogens is 363 g/mol. The summed E-state index contributed by atoms with van der Waals surface area (Å²) in [6, 6.07) is 12.0. The first-order valence-electron chi connectivity index (χ1n) is 7.32. The third kappa shape index (κ3) is 3.75. The molecule has 0 aliphatic heterocycles. The molecule has 3 rings (SSSR count). The molecule has 0 aliphatic rings. The van der Waals surface area contributed by atoms with Gasteiger partial charge >= 0.3 is 0 Å². The highest BCUT2D eigenvalue weighted by atomic mass is 35.5. The topological polar surface area (TPSA) is 69.0 Å². The number of aryl methyl sites for hydroxylation is 1. The summed E-state index contributed by atoms with van der Waals surface area (Å²) in [5, 5.41) is 12.3. The molecule has 25 heavy (non-hydrogen) atoms. The van der Waals surface area contributed by atoms with Crippen LogP contribution in [0.3, 0.4) is 0 Å². The molecule has 0 aliphatic carbocycles. The van der Waals surface area contributed by atoms with Crippen LogP contribution in [0.4, 0.5) is 5.69 Å². The fraction of sp³-hybridized carbons (Fsp3) is 0.118. The van der Waals surface area contributed by atoms with Gasteiger partial charge in [0.1, 0.15) is 5.75 Å². The minimum atomic E-state index is -0.411. The van der Waals surface area contributed by atoms with Crippen molar-refractivity contribution in [2.75, 3.05) is 12.4 Å². The molecule has 0 unspecified atom stereocenters. The van der Waals surface area contributed by atoms with Gasteiger partial charge < -0.3 is 10.1 Å². The van der Waals surface area contributed by atoms with Crippen LogP contribution < -0.4 is 10.1 Å². The third-order valence-electron chi connectivity index (χ3n) is 3.45. The largest absolute Gasteiger partial charge is 0.495 e. The van der Waals surface area contributed by atoms with E-state index in [1.54, 1.807) is 49.4 Å². The lowest BCUT2D eigenvalue weighted by molar-refractivity contribution is 0.102. The van der Waals surface area contributed by atoms with E-state index in [4.69, 9.17) is 27.9 Å². The van der Waals surface area contributed by atoms with Crippen LogP contribution in [0.1, 0.15) is 16.2 Å². The minimum Gasteiger partial charge on any atom is -0.495 e. The van der Waals surface area contributed by atoms with Crippen molar-refractivity contribution in [3.05, 3.63) is 63.9 Å². The van der Waals surface area contributed by atoms with Crippen molar-refractivity contribution >= 4 is 34.8 Å². The molecule has 0 saturated heterocycles. The first kappa shape index (κ1) is 17.3. The molecule has 3 aromatic rings. The number of methoxy groups -OCH3 is 1. The molecule has 1 heterocycles. The number of hydrogen-bond acceptors (Lipinski definition) is 4. The van der Waals surface area contributed by atoms with Crippen molar-refractivity contribution in [3.8, 4) is 11.4 Å². The molecule has 8 heteroatoms. The van der Waals surface area contributed by atoms with Crippen molar-refractivity contribution in [2.24, 2.45) is 0 Å². The molecule has 0 saturated carbocycles. The second kappa shape index (κ2) is 7.13. The highest BCUT2D eigenvalue weighted by Crippen LogP contribution is 2.28. The monoisotopic (exact) mass is 376 g/mol. The van der Waals surface area contributed by atoms with Crippen LogP contribution in [-0.4, -0.2) is 28.0 Å². The van der Waals surface area contributed by atoms with E-state index in [-0.39, 0.29) is 5.69 Å². The number of nitrogens with one attached hydrogen (secondary N) is 1. The highest BCUT2D eigenvalue weighted by molar-refractivity contribution is 6.31. The molecule has 0 fully saturated rings. The van der Waals surface area contributed by atoms with Crippen LogP contribution in [0, 0.1) is 6.92 Å². The van der Waals surface area contributed by atoms with E-state index < -0.39 is 5.91 Å². The second-order valence-corrected chi connectivity index (χ2v) is 6.07. The molecule has 1 N–H and O–H groups in total. The highest BCUT2D eigenvalue weighted by Gasteiger charge is 2.18. The van der Waals surface area contributed by atoms with Gasteiger partial charge in [-0.3, -0.25) is 4.79 Å². The Morgan fingerprint density at radius 1 is 1.12 bits per heavy atom. The first-order valence-corrected chi connectivity index (χ1v) is 8.08. The van der Waals surface area contributed by atoms with Gasteiger partial charge in [-0.15, -0.1) is 5.10 Å². The Kier molecular flexibility index (Phi) is 4.92. The van der Waals surface area contributed by atoms with Crippen molar-refractivity contribution in [2.45, 2.75) is 6.92 Å². The van der Waals surface area contributed by atoms with E-state index in [0.29, 0.717) is 32.9 Å². The second-order valence-electron chi connectivity index (χ2n) is 5.20. The zero-order valence-electron chi connectivity index (χ0n) is 13.5. The fourth-order valence-corrected chi connectivity index (χ4v) is 2.62. The Hall–Kier alpha value is -2.57. The molecule has 0 spiro atoms. The summed E-state index contributed by atoms with van der Waals surface area (Å²) >= 11 is 12.0. The number of halogens is 2. The van der Waals surface area contributed by atoms with Gasteiger partial charge in [-0.2, -0.15) is 9.90 Å². The van der Waals surface area contributed by atoms with Crippen LogP contribution in [0.2, 0.25) is 10.0 Å². The minimum absolute atomic E-state index is 0.196. The number of rotatable bonds is 4. The van der Waals surface area contributed by atoms with Gasteiger partial charge in [0.25, 0.3) is 5.91 Å². The number of carbonyl (C=O) groups excluding carboxylic acids is 1. The van der Waals surface area contributed by atoms with Gasteiger partial charge in [-0.1, -0.05) is 29.3 Å². The fourth-order valence-electron chi connectivity index (χ4n) is 2.26. The normalized spacial score (nSPS) is 10.6. The number of hydrogen-bond donors (Lipinski definition) is 1. The first-order chi connectivity index (χ1) is 12.0. The number of anilines is 1. The summed E-state index contributed by atoms with van der Waals surface area (Å²) in [7, 11) is 1.51. The van der Waals surface area contributed by atoms with Crippen molar-refractivity contribution in [3.63, 3.8) is 0 Å². The molecule has 1 amide bonds. The molecular formula is C17H14Cl2N4O2. The van der Waals surface area contributed by atoms with Gasteiger partial charge in [0.2, 0.25) is 0 Å². The van der Waals surface area contributed by atoms with E-state index in [1.807, 2.05) is 0 Å². The maximum atomic E-state index is 12.6. The number of ether oxygens (including phenoxy) is 1. The average Bonchev–Trinajstić information content (AvgIpc) is 2.97. The molecule has 6 nitrogen and oxygen atoms in total. The molecule has 0 radical (unpaired) electrons. The Morgan fingerprint density at radius 3 is 2.60 bits per heavy atom. The van der Waals surface area contributed by atoms with E-state index in [1.165, 1.54) is 11.9 Å². The summed E-state index contributed by atoms with van der Waals surface area (Å²) in [5.74, 6) is 0.0870. The SMILES string of the molecule is COc1ccc(Cl)cc1NC(=O)c1nn(-c2cccc(Cl)c2)nc1C. The summed E-state index contributed by atoms with van der Waals surface area (Å²) in [5.41, 5.74) is 1.80. The van der Waals surface area contributed by atoms with Crippen molar-refractivity contribution < 1.29 is 9.53 Å². The van der Waals surface area contributed by atoms with Crippen LogP contribution in [-0.2, 0) is 0 Å². The molecule has 0 bridgehead atoms. The number of benzene rings is 2. The van der Waals surface area contributed by atoms with Crippen molar-refractivity contribution in [1.29, 1.82) is 0 Å². The average molecular weight is 377 g/mol. The van der Waals surface area contributed by atoms with Gasteiger partial charge in [0, 0.05) is 10.0 Å². The van der Waals surface area contributed by atoms with Crippen LogP contribution in [0.5, 0.6) is 5.75 Å². The summed E-state index contributed by atoms with van der Waals surface area (Å²) in [6.07, 6.45) is 0. The lowest BCUT2D eigenvalue weighted by Crippen LogP contribution is -2.15. The van der Waals surface area contributed by atoms with Gasteiger partial charge in [0.15, 0.2) is 5.69 Å². The van der Waals surface area contributed by atoms with E-state index in [9.17, 15) is 4.79 Å². The quantitative estimate of drug-likeness (QED) is 0.742. The van der Waals surface area contributed by atoms with Gasteiger partial charge in [-0.05, 0) is 43.3 Å². The molecule has 0 atom stereocenters. The smallest absolute Gasteiger partial charge is 0.278 e. The Morgan fingerprint density at radius 2 is 1.88 bits per heavy atom. The van der Waals surface area contributed by atoms with Gasteiger partial charge in [0.05, 0.1) is 24.2 Å². The predicted octanol–water partition coefficient (Wildman–Crippen LogP) is 4.14. The predicted molar refractivity (Wildman–Crippen MR) is 97.1 cm³/mol. The maximum absolute atomic E-state index is 12.6. The van der Waals surface area contributed by atoms with Gasteiger partial charge in [-0.25, -0.2) is 0 Å². The molecule has 128 valence electrons. The summed E-state index contributed by atoms with van der Waals surface area (Å²) < 4.78 is 5.23. The zero-order chi connectivity index (χ0) is 18.0. The number of nitrogens with zero attached hydrogens (tertiary/aromatic N) is 3. The molecule has 1 aromatic heterocycles. The van der Waals surface area contributed by atoms with Crippen molar-refractivity contribution in [1.82, 2.24) is 15.0 Å². The number of amides is 1. The van der Waals surface area contributed by atoms with Crippen LogP contribution in [0.25, 0.3) is 5.69 Å². The Balaban J connectivity index is 1.90. The van der Waals surface area contributed by atoms with E-state index >= 15 is 0 Å². The maximum Gasteiger partial charge on any atom is 0.278 e. The number of aromatic nitrogens is 3. The Labute approximate surface area is 154 Å². The van der Waals surface area contributed by atoms with E-state index in [0.717, 1.165) is 0 Å². The third-order valence-corrected chi connectivity index (χ3v) is 3.92. The lowest BCUT2D eigenvalue weighted by Gasteiger charge is -2.09. The standard InChI is InChI=1S/C17H14Cl2N4O2/c1-10-16(22-23(21-10)13-5-3-4-11(18)8-13)17(24)20-14-9-12(19)6-7-15(14)25-2/h3-9H,1-2H3,(H,20,24). The summed E-state index contributed by atoms with van der Waals surface area (Å²) in [4.78, 5) is 13.9.